The fraction of sp³-hybridized carbons (Fsp3) is 0.0833. The molecule has 1 aliphatic heterocycles. The number of fused-ring (bicyclic) bond motifs is 1. The van der Waals surface area contributed by atoms with Gasteiger partial charge in [0.2, 0.25) is 0 Å². The maximum Gasteiger partial charge on any atom is 0.169 e. The summed E-state index contributed by atoms with van der Waals surface area (Å²) in [6.45, 7) is 0.173. The van der Waals surface area contributed by atoms with E-state index in [4.69, 9.17) is 16.9 Å². The van der Waals surface area contributed by atoms with Crippen LogP contribution in [0.25, 0.3) is 0 Å². The molecule has 1 aromatic rings. The van der Waals surface area contributed by atoms with Gasteiger partial charge in [-0.1, -0.05) is 5.92 Å². The number of ether oxygens (including phenoxy) is 1. The van der Waals surface area contributed by atoms with Gasteiger partial charge in [-0.15, -0.1) is 6.42 Å². The van der Waals surface area contributed by atoms with Crippen LogP contribution in [0.1, 0.15) is 0 Å². The molecule has 0 saturated heterocycles. The van der Waals surface area contributed by atoms with Gasteiger partial charge in [-0.3, -0.25) is 4.79 Å². The standard InChI is InChI=1S/C12H9FN2O2/c1-2-3-15-8(6-16)7-17-12-4-9(13)10(14)5-11(12)15/h1,4-7H,3,14H2. The molecule has 0 atom stereocenters. The van der Waals surface area contributed by atoms with Crippen molar-refractivity contribution in [1.29, 1.82) is 0 Å². The van der Waals surface area contributed by atoms with Gasteiger partial charge >= 0.3 is 0 Å². The fourth-order valence-electron chi connectivity index (χ4n) is 1.55. The number of carbonyl (C=O) groups excluding carboxylic acids is 1. The zero-order valence-electron chi connectivity index (χ0n) is 8.81. The Labute approximate surface area is 97.5 Å². The van der Waals surface area contributed by atoms with Gasteiger partial charge in [-0.05, 0) is 6.07 Å². The number of allylic oxidation sites excluding steroid dienone is 1. The van der Waals surface area contributed by atoms with Gasteiger partial charge < -0.3 is 15.4 Å². The number of hydrogen-bond donors (Lipinski definition) is 1. The zero-order valence-corrected chi connectivity index (χ0v) is 8.81. The van der Waals surface area contributed by atoms with Crippen LogP contribution < -0.4 is 15.4 Å². The number of benzene rings is 1. The van der Waals surface area contributed by atoms with Crippen LogP contribution in [-0.2, 0) is 4.79 Å². The lowest BCUT2D eigenvalue weighted by Crippen LogP contribution is -2.27. The van der Waals surface area contributed by atoms with Crippen LogP contribution in [-0.4, -0.2) is 12.8 Å². The number of halogens is 1. The van der Waals surface area contributed by atoms with Crippen molar-refractivity contribution < 1.29 is 13.9 Å². The number of nitrogens with two attached hydrogens (primary N) is 1. The Morgan fingerprint density at radius 3 is 3.00 bits per heavy atom. The quantitative estimate of drug-likeness (QED) is 0.474. The topological polar surface area (TPSA) is 55.6 Å². The van der Waals surface area contributed by atoms with E-state index >= 15 is 0 Å². The van der Waals surface area contributed by atoms with E-state index in [1.54, 1.807) is 0 Å². The molecule has 1 heterocycles. The number of nitrogens with zero attached hydrogens (tertiary/aromatic N) is 1. The zero-order chi connectivity index (χ0) is 12.4. The SMILES string of the molecule is C#CCN1C(C=O)=COc2cc(F)c(N)cc21. The van der Waals surface area contributed by atoms with E-state index in [2.05, 4.69) is 5.92 Å². The minimum Gasteiger partial charge on any atom is -0.460 e. The maximum atomic E-state index is 13.2. The second-order valence-electron chi connectivity index (χ2n) is 3.41. The molecule has 0 aromatic heterocycles. The van der Waals surface area contributed by atoms with Gasteiger partial charge in [0.25, 0.3) is 0 Å². The molecule has 0 unspecified atom stereocenters. The second kappa shape index (κ2) is 4.18. The predicted octanol–water partition coefficient (Wildman–Crippen LogP) is 1.28. The molecule has 17 heavy (non-hydrogen) atoms. The van der Waals surface area contributed by atoms with Crippen LogP contribution >= 0.6 is 0 Å². The predicted molar refractivity (Wildman–Crippen MR) is 61.8 cm³/mol. The van der Waals surface area contributed by atoms with Crippen LogP contribution in [0.4, 0.5) is 15.8 Å². The third-order valence-corrected chi connectivity index (χ3v) is 2.36. The van der Waals surface area contributed by atoms with Gasteiger partial charge in [0, 0.05) is 6.07 Å². The van der Waals surface area contributed by atoms with Gasteiger partial charge in [0.1, 0.15) is 17.8 Å². The van der Waals surface area contributed by atoms with E-state index in [0.29, 0.717) is 12.0 Å². The van der Waals surface area contributed by atoms with Crippen molar-refractivity contribution in [2.45, 2.75) is 0 Å². The molecule has 1 aromatic carbocycles. The summed E-state index contributed by atoms with van der Waals surface area (Å²) in [5.74, 6) is 2.11. The largest absolute Gasteiger partial charge is 0.460 e. The van der Waals surface area contributed by atoms with Crippen molar-refractivity contribution in [3.8, 4) is 18.1 Å². The smallest absolute Gasteiger partial charge is 0.169 e. The first-order chi connectivity index (χ1) is 8.17. The van der Waals surface area contributed by atoms with Crippen LogP contribution in [0.5, 0.6) is 5.75 Å². The molecule has 0 bridgehead atoms. The maximum absolute atomic E-state index is 13.2. The van der Waals surface area contributed by atoms with Gasteiger partial charge in [0.15, 0.2) is 12.0 Å². The first-order valence-electron chi connectivity index (χ1n) is 4.79. The van der Waals surface area contributed by atoms with E-state index in [1.165, 1.54) is 17.2 Å². The Morgan fingerprint density at radius 2 is 2.35 bits per heavy atom. The first-order valence-corrected chi connectivity index (χ1v) is 4.79. The highest BCUT2D eigenvalue weighted by atomic mass is 19.1. The normalized spacial score (nSPS) is 13.2. The summed E-state index contributed by atoms with van der Waals surface area (Å²) in [5.41, 5.74) is 6.19. The molecule has 86 valence electrons. The third-order valence-electron chi connectivity index (χ3n) is 2.36. The molecule has 2 rings (SSSR count). The number of aldehydes is 1. The van der Waals surface area contributed by atoms with E-state index in [0.717, 1.165) is 6.07 Å². The minimum absolute atomic E-state index is 0.0264. The van der Waals surface area contributed by atoms with Crippen molar-refractivity contribution in [3.05, 3.63) is 29.9 Å². The van der Waals surface area contributed by atoms with Gasteiger partial charge in [-0.25, -0.2) is 4.39 Å². The summed E-state index contributed by atoms with van der Waals surface area (Å²) in [5, 5.41) is 0. The minimum atomic E-state index is -0.577. The van der Waals surface area contributed by atoms with Crippen LogP contribution in [0.15, 0.2) is 24.1 Å². The molecule has 0 radical (unpaired) electrons. The van der Waals surface area contributed by atoms with Gasteiger partial charge in [-0.2, -0.15) is 0 Å². The fourth-order valence-corrected chi connectivity index (χ4v) is 1.55. The van der Waals surface area contributed by atoms with Crippen molar-refractivity contribution in [1.82, 2.24) is 0 Å². The summed E-state index contributed by atoms with van der Waals surface area (Å²) >= 11 is 0. The summed E-state index contributed by atoms with van der Waals surface area (Å²) in [7, 11) is 0. The number of nitrogen functional groups attached to an aromatic ring is 1. The lowest BCUT2D eigenvalue weighted by molar-refractivity contribution is -0.105. The van der Waals surface area contributed by atoms with E-state index in [9.17, 15) is 9.18 Å². The van der Waals surface area contributed by atoms with Crippen LogP contribution in [0, 0.1) is 18.2 Å². The average Bonchev–Trinajstić information content (AvgIpc) is 2.32. The van der Waals surface area contributed by atoms with E-state index in [-0.39, 0.29) is 23.7 Å². The monoisotopic (exact) mass is 232 g/mol. The van der Waals surface area contributed by atoms with Crippen molar-refractivity contribution in [2.75, 3.05) is 17.2 Å². The molecule has 2 N–H and O–H groups in total. The number of rotatable bonds is 2. The Kier molecular flexibility index (Phi) is 2.71. The Hall–Kier alpha value is -2.48. The van der Waals surface area contributed by atoms with Crippen LogP contribution in [0.2, 0.25) is 0 Å². The van der Waals surface area contributed by atoms with Crippen molar-refractivity contribution >= 4 is 17.7 Å². The van der Waals surface area contributed by atoms with E-state index in [1.807, 2.05) is 0 Å². The molecule has 1 aliphatic rings. The number of hydrogen-bond acceptors (Lipinski definition) is 4. The molecule has 5 heteroatoms. The Balaban J connectivity index is 2.53. The molecule has 0 fully saturated rings. The molecular formula is C12H9FN2O2. The summed E-state index contributed by atoms with van der Waals surface area (Å²) in [6, 6.07) is 2.55. The highest BCUT2D eigenvalue weighted by Crippen LogP contribution is 2.37. The second-order valence-corrected chi connectivity index (χ2v) is 3.41. The van der Waals surface area contributed by atoms with E-state index < -0.39 is 5.82 Å². The molecule has 0 spiro atoms. The molecule has 0 aliphatic carbocycles. The Bertz CT molecular complexity index is 546. The number of terminal acetylenes is 1. The average molecular weight is 232 g/mol. The molecular weight excluding hydrogens is 223 g/mol. The highest BCUT2D eigenvalue weighted by molar-refractivity contribution is 5.84. The molecule has 4 nitrogen and oxygen atoms in total. The first kappa shape index (κ1) is 11.0. The number of carbonyl (C=O) groups is 1. The lowest BCUT2D eigenvalue weighted by atomic mass is 10.2. The van der Waals surface area contributed by atoms with Gasteiger partial charge in [0.05, 0.1) is 17.9 Å². The van der Waals surface area contributed by atoms with Crippen LogP contribution in [0.3, 0.4) is 0 Å². The van der Waals surface area contributed by atoms with Crippen molar-refractivity contribution in [3.63, 3.8) is 0 Å². The summed E-state index contributed by atoms with van der Waals surface area (Å²) in [6.07, 6.45) is 7.06. The van der Waals surface area contributed by atoms with Crippen molar-refractivity contribution in [2.24, 2.45) is 0 Å². The lowest BCUT2D eigenvalue weighted by Gasteiger charge is -2.28. The summed E-state index contributed by atoms with van der Waals surface area (Å²) < 4.78 is 18.4. The Morgan fingerprint density at radius 1 is 1.59 bits per heavy atom. The summed E-state index contributed by atoms with van der Waals surface area (Å²) in [4.78, 5) is 12.4. The molecule has 0 saturated carbocycles. The molecule has 0 amide bonds. The third kappa shape index (κ3) is 1.81. The highest BCUT2D eigenvalue weighted by Gasteiger charge is 2.22. The number of anilines is 2.